The molecule has 0 saturated carbocycles. The Labute approximate surface area is 111 Å². The lowest BCUT2D eigenvalue weighted by Gasteiger charge is -2.11. The molecule has 4 nitrogen and oxygen atoms in total. The van der Waals surface area contributed by atoms with Crippen molar-refractivity contribution in [3.63, 3.8) is 0 Å². The summed E-state index contributed by atoms with van der Waals surface area (Å²) in [7, 11) is 0. The van der Waals surface area contributed by atoms with Gasteiger partial charge in [-0.2, -0.15) is 0 Å². The fourth-order valence-electron chi connectivity index (χ4n) is 1.65. The van der Waals surface area contributed by atoms with Crippen LogP contribution in [0.3, 0.4) is 0 Å². The van der Waals surface area contributed by atoms with Gasteiger partial charge in [-0.25, -0.2) is 9.97 Å². The lowest BCUT2D eigenvalue weighted by molar-refractivity contribution is 1.01. The number of anilines is 2. The molecule has 1 heterocycles. The van der Waals surface area contributed by atoms with Gasteiger partial charge < -0.3 is 11.1 Å². The maximum Gasteiger partial charge on any atom is 0.135 e. The third-order valence-corrected chi connectivity index (χ3v) is 2.88. The first kappa shape index (κ1) is 12.6. The molecule has 94 valence electrons. The molecule has 0 radical (unpaired) electrons. The van der Waals surface area contributed by atoms with Gasteiger partial charge in [0.2, 0.25) is 0 Å². The minimum Gasteiger partial charge on any atom is -0.383 e. The van der Waals surface area contributed by atoms with Crippen molar-refractivity contribution in [1.29, 1.82) is 0 Å². The van der Waals surface area contributed by atoms with Crippen LogP contribution in [-0.4, -0.2) is 9.97 Å². The number of aryl methyl sites for hydroxylation is 1. The topological polar surface area (TPSA) is 63.8 Å². The maximum absolute atomic E-state index is 5.93. The van der Waals surface area contributed by atoms with Gasteiger partial charge in [0, 0.05) is 17.1 Å². The number of hydrogen-bond donors (Lipinski definition) is 2. The van der Waals surface area contributed by atoms with E-state index in [-0.39, 0.29) is 0 Å². The second-order valence-corrected chi connectivity index (χ2v) is 4.55. The van der Waals surface area contributed by atoms with E-state index in [9.17, 15) is 0 Å². The SMILES string of the molecule is Cc1nc(N)c(C)c(NCc2cccc(Cl)c2)n1. The number of nitrogen functional groups attached to an aromatic ring is 1. The molecule has 3 N–H and O–H groups in total. The third-order valence-electron chi connectivity index (χ3n) is 2.64. The first-order valence-corrected chi connectivity index (χ1v) is 6.03. The minimum absolute atomic E-state index is 0.510. The average Bonchev–Trinajstić information content (AvgIpc) is 2.32. The summed E-state index contributed by atoms with van der Waals surface area (Å²) >= 11 is 5.93. The predicted molar refractivity (Wildman–Crippen MR) is 74.7 cm³/mol. The number of nitrogens with zero attached hydrogens (tertiary/aromatic N) is 2. The van der Waals surface area contributed by atoms with E-state index in [1.807, 2.05) is 38.1 Å². The van der Waals surface area contributed by atoms with Crippen LogP contribution in [0.4, 0.5) is 11.6 Å². The van der Waals surface area contributed by atoms with Crippen molar-refractivity contribution in [3.8, 4) is 0 Å². The van der Waals surface area contributed by atoms with Gasteiger partial charge in [0.1, 0.15) is 17.5 Å². The van der Waals surface area contributed by atoms with E-state index in [0.29, 0.717) is 18.2 Å². The van der Waals surface area contributed by atoms with Gasteiger partial charge in [-0.3, -0.25) is 0 Å². The molecule has 1 aromatic carbocycles. The van der Waals surface area contributed by atoms with Crippen molar-refractivity contribution < 1.29 is 0 Å². The fourth-order valence-corrected chi connectivity index (χ4v) is 1.87. The van der Waals surface area contributed by atoms with Gasteiger partial charge in [-0.1, -0.05) is 23.7 Å². The van der Waals surface area contributed by atoms with Gasteiger partial charge in [0.15, 0.2) is 0 Å². The molecule has 0 aliphatic rings. The maximum atomic E-state index is 5.93. The molecule has 0 amide bonds. The van der Waals surface area contributed by atoms with E-state index in [0.717, 1.165) is 22.0 Å². The molecule has 0 fully saturated rings. The average molecular weight is 263 g/mol. The Kier molecular flexibility index (Phi) is 3.67. The molecule has 0 saturated heterocycles. The van der Waals surface area contributed by atoms with Crippen molar-refractivity contribution in [1.82, 2.24) is 9.97 Å². The van der Waals surface area contributed by atoms with Gasteiger partial charge >= 0.3 is 0 Å². The standard InChI is InChI=1S/C13H15ClN4/c1-8-12(15)17-9(2)18-13(8)16-7-10-4-3-5-11(14)6-10/h3-6H,7H2,1-2H3,(H3,15,16,17,18). The van der Waals surface area contributed by atoms with Crippen LogP contribution in [0.1, 0.15) is 17.0 Å². The number of halogens is 1. The zero-order valence-electron chi connectivity index (χ0n) is 10.4. The van der Waals surface area contributed by atoms with Crippen molar-refractivity contribution in [2.24, 2.45) is 0 Å². The number of nitrogens with one attached hydrogen (secondary N) is 1. The number of nitrogens with two attached hydrogens (primary N) is 1. The van der Waals surface area contributed by atoms with Crippen LogP contribution in [0.15, 0.2) is 24.3 Å². The van der Waals surface area contributed by atoms with Crippen molar-refractivity contribution in [3.05, 3.63) is 46.2 Å². The first-order chi connectivity index (χ1) is 8.56. The van der Waals surface area contributed by atoms with Gasteiger partial charge in [0.05, 0.1) is 0 Å². The molecule has 0 atom stereocenters. The summed E-state index contributed by atoms with van der Waals surface area (Å²) in [6, 6.07) is 7.70. The normalized spacial score (nSPS) is 10.4. The van der Waals surface area contributed by atoms with Crippen LogP contribution in [0.25, 0.3) is 0 Å². The lowest BCUT2D eigenvalue weighted by atomic mass is 10.2. The summed E-state index contributed by atoms with van der Waals surface area (Å²) in [6.45, 7) is 4.37. The molecule has 2 aromatic rings. The Bertz CT molecular complexity index is 569. The Balaban J connectivity index is 2.15. The molecular weight excluding hydrogens is 248 g/mol. The fraction of sp³-hybridized carbons (Fsp3) is 0.231. The molecule has 5 heteroatoms. The highest BCUT2D eigenvalue weighted by molar-refractivity contribution is 6.30. The Morgan fingerprint density at radius 3 is 2.78 bits per heavy atom. The molecular formula is C13H15ClN4. The summed E-state index contributed by atoms with van der Waals surface area (Å²) in [6.07, 6.45) is 0. The summed E-state index contributed by atoms with van der Waals surface area (Å²) in [5.41, 5.74) is 7.76. The van der Waals surface area contributed by atoms with E-state index < -0.39 is 0 Å². The Morgan fingerprint density at radius 2 is 2.06 bits per heavy atom. The van der Waals surface area contributed by atoms with E-state index in [1.54, 1.807) is 0 Å². The highest BCUT2D eigenvalue weighted by Crippen LogP contribution is 2.18. The lowest BCUT2D eigenvalue weighted by Crippen LogP contribution is -2.08. The summed E-state index contributed by atoms with van der Waals surface area (Å²) in [5, 5.41) is 3.97. The van der Waals surface area contributed by atoms with E-state index >= 15 is 0 Å². The smallest absolute Gasteiger partial charge is 0.135 e. The van der Waals surface area contributed by atoms with Gasteiger partial charge in [-0.05, 0) is 31.5 Å². The molecule has 2 rings (SSSR count). The van der Waals surface area contributed by atoms with Crippen LogP contribution in [0.2, 0.25) is 5.02 Å². The van der Waals surface area contributed by atoms with Gasteiger partial charge in [0.25, 0.3) is 0 Å². The predicted octanol–water partition coefficient (Wildman–Crippen LogP) is 2.94. The number of rotatable bonds is 3. The number of hydrogen-bond acceptors (Lipinski definition) is 4. The quantitative estimate of drug-likeness (QED) is 0.893. The highest BCUT2D eigenvalue weighted by atomic mass is 35.5. The van der Waals surface area contributed by atoms with Crippen LogP contribution >= 0.6 is 11.6 Å². The first-order valence-electron chi connectivity index (χ1n) is 5.65. The summed E-state index contributed by atoms with van der Waals surface area (Å²) < 4.78 is 0. The monoisotopic (exact) mass is 262 g/mol. The zero-order chi connectivity index (χ0) is 13.1. The van der Waals surface area contributed by atoms with E-state index in [4.69, 9.17) is 17.3 Å². The minimum atomic E-state index is 0.510. The highest BCUT2D eigenvalue weighted by Gasteiger charge is 2.06. The third kappa shape index (κ3) is 2.90. The summed E-state index contributed by atoms with van der Waals surface area (Å²) in [4.78, 5) is 8.44. The van der Waals surface area contributed by atoms with Crippen molar-refractivity contribution in [2.75, 3.05) is 11.1 Å². The zero-order valence-corrected chi connectivity index (χ0v) is 11.1. The number of benzene rings is 1. The molecule has 0 unspecified atom stereocenters. The molecule has 0 aliphatic carbocycles. The Morgan fingerprint density at radius 1 is 1.28 bits per heavy atom. The molecule has 1 aromatic heterocycles. The number of aromatic nitrogens is 2. The van der Waals surface area contributed by atoms with E-state index in [2.05, 4.69) is 15.3 Å². The van der Waals surface area contributed by atoms with Crippen molar-refractivity contribution in [2.45, 2.75) is 20.4 Å². The second-order valence-electron chi connectivity index (χ2n) is 4.11. The van der Waals surface area contributed by atoms with Crippen LogP contribution in [0.5, 0.6) is 0 Å². The van der Waals surface area contributed by atoms with Gasteiger partial charge in [-0.15, -0.1) is 0 Å². The van der Waals surface area contributed by atoms with Crippen LogP contribution in [0, 0.1) is 13.8 Å². The summed E-state index contributed by atoms with van der Waals surface area (Å²) in [5.74, 6) is 1.93. The molecule has 0 spiro atoms. The van der Waals surface area contributed by atoms with Crippen molar-refractivity contribution >= 4 is 23.2 Å². The largest absolute Gasteiger partial charge is 0.383 e. The Hall–Kier alpha value is -1.81. The molecule has 0 bridgehead atoms. The molecule has 18 heavy (non-hydrogen) atoms. The second kappa shape index (κ2) is 5.23. The molecule has 0 aliphatic heterocycles. The van der Waals surface area contributed by atoms with Crippen LogP contribution < -0.4 is 11.1 Å². The van der Waals surface area contributed by atoms with Crippen LogP contribution in [-0.2, 0) is 6.54 Å². The van der Waals surface area contributed by atoms with E-state index in [1.165, 1.54) is 0 Å².